The molecule has 9 rings (SSSR count). The minimum absolute atomic E-state index is 0.0222. The molecule has 0 bridgehead atoms. The van der Waals surface area contributed by atoms with Crippen molar-refractivity contribution in [2.45, 2.75) is 12.3 Å². The van der Waals surface area contributed by atoms with Gasteiger partial charge >= 0.3 is 0 Å². The van der Waals surface area contributed by atoms with Gasteiger partial charge in [-0.05, 0) is 85.3 Å². The van der Waals surface area contributed by atoms with Crippen LogP contribution in [0.1, 0.15) is 29.0 Å². The lowest BCUT2D eigenvalue weighted by molar-refractivity contribution is -0.739. The van der Waals surface area contributed by atoms with Gasteiger partial charge in [-0.15, -0.1) is 0 Å². The van der Waals surface area contributed by atoms with Gasteiger partial charge in [0.15, 0.2) is 6.17 Å². The first-order valence-electron chi connectivity index (χ1n) is 17.3. The molecule has 0 fully saturated rings. The summed E-state index contributed by atoms with van der Waals surface area (Å²) in [6.07, 6.45) is -0.184. The Morgan fingerprint density at radius 3 is 1.42 bits per heavy atom. The predicted octanol–water partition coefficient (Wildman–Crippen LogP) is 10.3. The number of nitrogens with one attached hydrogen (secondary N) is 1. The fourth-order valence-corrected chi connectivity index (χ4v) is 7.14. The van der Waals surface area contributed by atoms with Crippen LogP contribution in [0.4, 0.5) is 0 Å². The van der Waals surface area contributed by atoms with Crippen LogP contribution in [0.5, 0.6) is 0 Å². The zero-order valence-electron chi connectivity index (χ0n) is 27.6. The zero-order chi connectivity index (χ0) is 33.3. The van der Waals surface area contributed by atoms with Crippen LogP contribution in [0.2, 0.25) is 0 Å². The third-order valence-corrected chi connectivity index (χ3v) is 9.82. The average molecular weight is 643 g/mol. The van der Waals surface area contributed by atoms with Crippen molar-refractivity contribution in [3.05, 3.63) is 205 Å². The quantitative estimate of drug-likeness (QED) is 0.186. The third-order valence-electron chi connectivity index (χ3n) is 9.82. The summed E-state index contributed by atoms with van der Waals surface area (Å²) in [5.74, 6) is 0.901. The first-order valence-corrected chi connectivity index (χ1v) is 17.3. The Balaban J connectivity index is 1.17. The van der Waals surface area contributed by atoms with Crippen LogP contribution in [-0.2, 0) is 0 Å². The number of nitrogens with zero attached hydrogens (tertiary/aromatic N) is 1. The van der Waals surface area contributed by atoms with Gasteiger partial charge in [0.1, 0.15) is 5.84 Å². The highest BCUT2D eigenvalue weighted by atomic mass is 15.3. The van der Waals surface area contributed by atoms with Crippen LogP contribution < -0.4 is 10.6 Å². The number of fused-ring (bicyclic) bond motifs is 2. The van der Waals surface area contributed by atoms with Crippen LogP contribution in [-0.4, -0.2) is 5.84 Å². The summed E-state index contributed by atoms with van der Waals surface area (Å²) in [4.78, 5) is 5.38. The normalized spacial score (nSPS) is 15.8. The molecule has 0 aliphatic carbocycles. The number of hydrogen-bond donors (Lipinski definition) is 2. The van der Waals surface area contributed by atoms with E-state index in [-0.39, 0.29) is 12.3 Å². The lowest BCUT2D eigenvalue weighted by Gasteiger charge is -2.29. The topological polar surface area (TPSA) is 41.0 Å². The van der Waals surface area contributed by atoms with Crippen molar-refractivity contribution in [1.29, 1.82) is 0 Å². The van der Waals surface area contributed by atoms with E-state index in [1.165, 1.54) is 66.1 Å². The first kappa shape index (κ1) is 29.8. The molecule has 8 aromatic carbocycles. The Kier molecular flexibility index (Phi) is 7.73. The number of benzene rings is 8. The van der Waals surface area contributed by atoms with Gasteiger partial charge in [-0.3, -0.25) is 5.32 Å². The molecule has 0 spiro atoms. The van der Waals surface area contributed by atoms with Crippen LogP contribution in [0.15, 0.2) is 193 Å². The van der Waals surface area contributed by atoms with Crippen molar-refractivity contribution in [3.8, 4) is 33.4 Å². The molecule has 1 aliphatic rings. The lowest BCUT2D eigenvalue weighted by Crippen LogP contribution is -2.90. The second kappa shape index (κ2) is 13.0. The van der Waals surface area contributed by atoms with Gasteiger partial charge in [0, 0.05) is 16.7 Å². The van der Waals surface area contributed by atoms with Gasteiger partial charge in [0.25, 0.3) is 0 Å². The number of hydrogen-bond acceptors (Lipinski definition) is 2. The second-order valence-corrected chi connectivity index (χ2v) is 13.1. The molecular formula is C47H36N3+. The van der Waals surface area contributed by atoms with Gasteiger partial charge in [0.2, 0.25) is 6.17 Å². The molecule has 0 aromatic heterocycles. The van der Waals surface area contributed by atoms with E-state index in [0.717, 1.165) is 11.4 Å². The highest BCUT2D eigenvalue weighted by molar-refractivity contribution is 5.99. The van der Waals surface area contributed by atoms with E-state index in [2.05, 4.69) is 199 Å². The second-order valence-electron chi connectivity index (χ2n) is 13.1. The van der Waals surface area contributed by atoms with Crippen molar-refractivity contribution < 1.29 is 5.32 Å². The lowest BCUT2D eigenvalue weighted by atomic mass is 9.93. The maximum absolute atomic E-state index is 5.38. The van der Waals surface area contributed by atoms with Crippen molar-refractivity contribution in [1.82, 2.24) is 5.32 Å². The van der Waals surface area contributed by atoms with Crippen LogP contribution in [0, 0.1) is 0 Å². The third kappa shape index (κ3) is 5.96. The molecule has 8 aromatic rings. The van der Waals surface area contributed by atoms with Crippen LogP contribution in [0.25, 0.3) is 54.9 Å². The average Bonchev–Trinajstić information content (AvgIpc) is 3.21. The van der Waals surface area contributed by atoms with Gasteiger partial charge in [0.05, 0.1) is 0 Å². The van der Waals surface area contributed by atoms with E-state index in [4.69, 9.17) is 4.99 Å². The monoisotopic (exact) mass is 642 g/mol. The predicted molar refractivity (Wildman–Crippen MR) is 208 cm³/mol. The van der Waals surface area contributed by atoms with Crippen molar-refractivity contribution in [2.75, 3.05) is 0 Å². The molecule has 0 radical (unpaired) electrons. The molecule has 2 unspecified atom stereocenters. The molecule has 0 amide bonds. The molecule has 1 aliphatic heterocycles. The standard InChI is InChI=1S/C47H35N3/c1-3-11-32(12-4-1)35-19-23-37(24-20-35)46-48-45(36-15-5-2-6-16-36)49-47(50-46)44-30-42(40-25-21-33-13-7-9-17-38(33)27-40)29-43(31-44)41-26-22-34-14-8-10-18-39(34)28-41/h1-31,46-47,50H,(H,48,49)/p+1. The van der Waals surface area contributed by atoms with Gasteiger partial charge in [-0.1, -0.05) is 158 Å². The van der Waals surface area contributed by atoms with Gasteiger partial charge in [-0.25, -0.2) is 4.99 Å². The first-order chi connectivity index (χ1) is 24.7. The Bertz CT molecular complexity index is 2390. The smallest absolute Gasteiger partial charge is 0.209 e. The fraction of sp³-hybridized carbons (Fsp3) is 0.0426. The molecule has 1 heterocycles. The summed E-state index contributed by atoms with van der Waals surface area (Å²) in [7, 11) is 0. The molecule has 0 saturated heterocycles. The molecule has 0 saturated carbocycles. The largest absolute Gasteiger partial charge is 0.317 e. The van der Waals surface area contributed by atoms with Gasteiger partial charge < -0.3 is 5.32 Å². The summed E-state index contributed by atoms with van der Waals surface area (Å²) in [6, 6.07) is 67.7. The van der Waals surface area contributed by atoms with E-state index in [9.17, 15) is 0 Å². The number of quaternary nitrogens is 1. The number of rotatable bonds is 6. The van der Waals surface area contributed by atoms with Crippen molar-refractivity contribution >= 4 is 27.4 Å². The number of amidine groups is 1. The summed E-state index contributed by atoms with van der Waals surface area (Å²) in [5, 5.41) is 11.1. The Morgan fingerprint density at radius 2 is 0.840 bits per heavy atom. The van der Waals surface area contributed by atoms with E-state index in [1.807, 2.05) is 0 Å². The van der Waals surface area contributed by atoms with Gasteiger partial charge in [-0.2, -0.15) is 0 Å². The molecule has 238 valence electrons. The van der Waals surface area contributed by atoms with Crippen LogP contribution in [0.3, 0.4) is 0 Å². The summed E-state index contributed by atoms with van der Waals surface area (Å²) in [5.41, 5.74) is 10.6. The summed E-state index contributed by atoms with van der Waals surface area (Å²) in [6.45, 7) is 0. The van der Waals surface area contributed by atoms with E-state index in [0.29, 0.717) is 0 Å². The summed E-state index contributed by atoms with van der Waals surface area (Å²) < 4.78 is 0. The Morgan fingerprint density at radius 1 is 0.360 bits per heavy atom. The SMILES string of the molecule is c1ccc(C2=NC(c3cc(-c4ccc5ccccc5c4)cc(-c4ccc5ccccc5c4)c3)[NH2+]C(c3ccc(-c4ccccc4)cc3)N2)cc1. The molecule has 3 heteroatoms. The number of aliphatic imine (C=N–C) groups is 1. The van der Waals surface area contributed by atoms with E-state index >= 15 is 0 Å². The van der Waals surface area contributed by atoms with Crippen molar-refractivity contribution in [3.63, 3.8) is 0 Å². The highest BCUT2D eigenvalue weighted by Crippen LogP contribution is 2.34. The zero-order valence-corrected chi connectivity index (χ0v) is 27.6. The maximum Gasteiger partial charge on any atom is 0.209 e. The fourth-order valence-electron chi connectivity index (χ4n) is 7.14. The van der Waals surface area contributed by atoms with Crippen LogP contribution >= 0.6 is 0 Å². The summed E-state index contributed by atoms with van der Waals surface area (Å²) >= 11 is 0. The van der Waals surface area contributed by atoms with E-state index in [1.54, 1.807) is 0 Å². The van der Waals surface area contributed by atoms with Crippen molar-refractivity contribution in [2.24, 2.45) is 4.99 Å². The molecule has 2 atom stereocenters. The maximum atomic E-state index is 5.38. The molecule has 3 nitrogen and oxygen atoms in total. The minimum atomic E-state index is -0.162. The minimum Gasteiger partial charge on any atom is -0.317 e. The molecule has 3 N–H and O–H groups in total. The van der Waals surface area contributed by atoms with E-state index < -0.39 is 0 Å². The molecule has 50 heavy (non-hydrogen) atoms. The Labute approximate surface area is 292 Å². The highest BCUT2D eigenvalue weighted by Gasteiger charge is 2.30. The molecular weight excluding hydrogens is 607 g/mol. The number of nitrogens with two attached hydrogens (primary N) is 1. The Hall–Kier alpha value is -6.29.